The molecule has 0 amide bonds. The predicted molar refractivity (Wildman–Crippen MR) is 269 cm³/mol. The van der Waals surface area contributed by atoms with Crippen LogP contribution in [0.15, 0.2) is 65.3 Å². The van der Waals surface area contributed by atoms with E-state index in [4.69, 9.17) is 59.0 Å². The van der Waals surface area contributed by atoms with Gasteiger partial charge in [-0.3, -0.25) is 9.05 Å². The maximum Gasteiger partial charge on any atom is 0.387 e. The van der Waals surface area contributed by atoms with Crippen molar-refractivity contribution in [2.24, 2.45) is 0 Å². The molecule has 4 aromatic carbocycles. The van der Waals surface area contributed by atoms with E-state index >= 15 is 0 Å². The van der Waals surface area contributed by atoms with Crippen LogP contribution in [0.3, 0.4) is 0 Å². The molecule has 0 saturated carbocycles. The highest BCUT2D eigenvalue weighted by atomic mass is 31.1. The second kappa shape index (κ2) is 17.8. The molecule has 2 fully saturated rings. The first kappa shape index (κ1) is 50.1. The highest BCUT2D eigenvalue weighted by molar-refractivity contribution is 7.32. The minimum absolute atomic E-state index is 0.359. The van der Waals surface area contributed by atoms with Crippen molar-refractivity contribution in [2.75, 3.05) is 28.4 Å². The summed E-state index contributed by atoms with van der Waals surface area (Å²) in [5.41, 5.74) is 4.73. The van der Waals surface area contributed by atoms with Crippen LogP contribution in [0.25, 0.3) is 43.9 Å². The first-order chi connectivity index (χ1) is 31.6. The van der Waals surface area contributed by atoms with Crippen LogP contribution >= 0.6 is 16.5 Å². The van der Waals surface area contributed by atoms with Crippen molar-refractivity contribution >= 4 is 60.4 Å². The van der Waals surface area contributed by atoms with Gasteiger partial charge in [-0.2, -0.15) is 0 Å². The van der Waals surface area contributed by atoms with Gasteiger partial charge >= 0.3 is 16.5 Å². The topological polar surface area (TPSA) is 136 Å². The van der Waals surface area contributed by atoms with Gasteiger partial charge in [0, 0.05) is 43.8 Å². The quantitative estimate of drug-likeness (QED) is 0.136. The molecule has 0 spiro atoms. The summed E-state index contributed by atoms with van der Waals surface area (Å²) in [5, 5.41) is 3.20. The molecule has 4 heterocycles. The van der Waals surface area contributed by atoms with Gasteiger partial charge in [0.1, 0.15) is 63.6 Å². The second-order valence-electron chi connectivity index (χ2n) is 22.5. The highest BCUT2D eigenvalue weighted by Crippen LogP contribution is 2.49. The molecule has 5 atom stereocenters. The first-order valence-electron chi connectivity index (χ1n) is 23.2. The molecule has 6 aromatic rings. The van der Waals surface area contributed by atoms with Crippen molar-refractivity contribution < 1.29 is 59.0 Å². The lowest BCUT2D eigenvalue weighted by Crippen LogP contribution is -2.44. The van der Waals surface area contributed by atoms with Crippen LogP contribution in [0.1, 0.15) is 126 Å². The summed E-state index contributed by atoms with van der Waals surface area (Å²) in [6.07, 6.45) is -3.77. The third-order valence-electron chi connectivity index (χ3n) is 12.6. The van der Waals surface area contributed by atoms with Crippen LogP contribution in [0.4, 0.5) is 0 Å². The third kappa shape index (κ3) is 9.62. The number of rotatable bonds is 9. The van der Waals surface area contributed by atoms with Crippen LogP contribution < -0.4 is 28.0 Å². The molecule has 0 unspecified atom stereocenters. The summed E-state index contributed by atoms with van der Waals surface area (Å²) in [4.78, 5) is 0. The van der Waals surface area contributed by atoms with Crippen LogP contribution in [0.5, 0.6) is 23.0 Å². The van der Waals surface area contributed by atoms with Crippen LogP contribution in [-0.2, 0) is 35.9 Å². The Balaban J connectivity index is 1.34. The Labute approximate surface area is 402 Å². The van der Waals surface area contributed by atoms with Gasteiger partial charge in [0.15, 0.2) is 12.1 Å². The smallest absolute Gasteiger partial charge is 0.387 e. The van der Waals surface area contributed by atoms with E-state index in [1.807, 2.05) is 69.3 Å². The maximum atomic E-state index is 7.19. The number of methoxy groups -OCH3 is 4. The Morgan fingerprint density at radius 3 is 1.12 bits per heavy atom. The molecule has 8 rings (SSSR count). The van der Waals surface area contributed by atoms with Crippen molar-refractivity contribution in [3.63, 3.8) is 0 Å². The highest BCUT2D eigenvalue weighted by Gasteiger charge is 2.58. The Morgan fingerprint density at radius 2 is 0.809 bits per heavy atom. The molecule has 13 nitrogen and oxygen atoms in total. The molecule has 0 N–H and O–H groups in total. The lowest BCUT2D eigenvalue weighted by atomic mass is 9.84. The van der Waals surface area contributed by atoms with Gasteiger partial charge in [-0.15, -0.1) is 0 Å². The van der Waals surface area contributed by atoms with Gasteiger partial charge < -0.3 is 49.9 Å². The second-order valence-corrected chi connectivity index (χ2v) is 24.5. The molecule has 15 heteroatoms. The normalized spacial score (nSPS) is 20.3. The maximum absolute atomic E-state index is 7.19. The average Bonchev–Trinajstić information content (AvgIpc) is 3.59. The van der Waals surface area contributed by atoms with Gasteiger partial charge in [0.2, 0.25) is 0 Å². The summed E-state index contributed by atoms with van der Waals surface area (Å²) >= 11 is 0. The Bertz CT molecular complexity index is 2790. The summed E-state index contributed by atoms with van der Waals surface area (Å²) in [6, 6.07) is 16.0. The zero-order chi connectivity index (χ0) is 49.6. The van der Waals surface area contributed by atoms with Gasteiger partial charge in [0.05, 0.1) is 34.5 Å². The molecule has 2 saturated heterocycles. The Kier molecular flexibility index (Phi) is 13.1. The van der Waals surface area contributed by atoms with Crippen LogP contribution in [0, 0.1) is 0 Å². The van der Waals surface area contributed by atoms with Gasteiger partial charge in [-0.25, -0.2) is 0 Å². The van der Waals surface area contributed by atoms with E-state index in [1.54, 1.807) is 28.4 Å². The van der Waals surface area contributed by atoms with Crippen molar-refractivity contribution in [3.05, 3.63) is 70.8 Å². The molecule has 2 aromatic heterocycles. The van der Waals surface area contributed by atoms with Crippen molar-refractivity contribution in [1.29, 1.82) is 0 Å². The van der Waals surface area contributed by atoms with Gasteiger partial charge in [0.25, 0.3) is 0 Å². The summed E-state index contributed by atoms with van der Waals surface area (Å²) in [5.74, 6) is 1.79. The minimum Gasteiger partial charge on any atom is -0.497 e. The zero-order valence-electron chi connectivity index (χ0n) is 43.2. The molecular weight excluding hydrogens is 907 g/mol. The molecule has 68 heavy (non-hydrogen) atoms. The molecule has 0 aliphatic carbocycles. The van der Waals surface area contributed by atoms with Crippen LogP contribution in [0.2, 0.25) is 0 Å². The number of benzene rings is 4. The standard InChI is InChI=1S/C53H70O13P2/c1-28(61-67-62-42-33(20-29(54-16)24-37(42)49(2,3)4)34-21-30(55-17)25-38(43(34)63-67)50(5,6)7)41-46(47-48(58-41)60-53(14,15)59-47)66-68-64-44-35(22-31(56-18)26-39(44)51(8,9)10)36-23-32(57-19)27-40(45(36)65-68)52(11,12)13/h20-28,41,46-48H,1-19H3/t28-,41+,46-,47+,48+/m0/s1. The minimum atomic E-state index is -2.21. The van der Waals surface area contributed by atoms with Crippen LogP contribution in [-0.4, -0.2) is 64.9 Å². The zero-order valence-corrected chi connectivity index (χ0v) is 45.0. The number of fused-ring (bicyclic) bond motifs is 7. The lowest BCUT2D eigenvalue weighted by Gasteiger charge is -2.27. The van der Waals surface area contributed by atoms with E-state index < -0.39 is 53.0 Å². The van der Waals surface area contributed by atoms with Gasteiger partial charge in [-0.05, 0) is 91.0 Å². The fraction of sp³-hybridized carbons (Fsp3) is 0.547. The SMILES string of the molecule is COc1cc(C(C)(C)C)c2op(O[C@@H]3[C@H]4OC(C)(C)O[C@H]4O[C@@H]3[C@H](C)Op3oc4c(C(C)(C)C)cc(OC)cc4c4cc(OC)cc(C(C)(C)C)c4o3)oc3c(C(C)(C)C)cc(OC)cc3c2c1. The molecule has 370 valence electrons. The first-order valence-corrected chi connectivity index (χ1v) is 25.4. The van der Waals surface area contributed by atoms with E-state index in [0.29, 0.717) is 45.3 Å². The van der Waals surface area contributed by atoms with E-state index in [-0.39, 0.29) is 21.7 Å². The molecular formula is C53H70O13P2. The van der Waals surface area contributed by atoms with E-state index in [9.17, 15) is 0 Å². The monoisotopic (exact) mass is 976 g/mol. The number of ether oxygens (including phenoxy) is 7. The largest absolute Gasteiger partial charge is 0.497 e. The Hall–Kier alpha value is -4.32. The summed E-state index contributed by atoms with van der Waals surface area (Å²) in [6.45, 7) is 31.3. The van der Waals surface area contributed by atoms with Crippen molar-refractivity contribution in [2.45, 2.75) is 162 Å². The summed E-state index contributed by atoms with van der Waals surface area (Å²) in [7, 11) is 2.31. The van der Waals surface area contributed by atoms with E-state index in [0.717, 1.165) is 43.8 Å². The number of hydrogen-bond acceptors (Lipinski definition) is 13. The Morgan fingerprint density at radius 1 is 0.485 bits per heavy atom. The predicted octanol–water partition coefficient (Wildman–Crippen LogP) is 14.3. The molecule has 0 bridgehead atoms. The third-order valence-corrected chi connectivity index (χ3v) is 14.9. The molecule has 2 aliphatic rings. The molecule has 2 aliphatic heterocycles. The van der Waals surface area contributed by atoms with Crippen molar-refractivity contribution in [3.8, 4) is 23.0 Å². The number of hydrogen-bond donors (Lipinski definition) is 0. The van der Waals surface area contributed by atoms with E-state index in [1.165, 1.54) is 0 Å². The average molecular weight is 977 g/mol. The fourth-order valence-corrected chi connectivity index (χ4v) is 11.5. The van der Waals surface area contributed by atoms with Gasteiger partial charge in [-0.1, -0.05) is 83.1 Å². The summed E-state index contributed by atoms with van der Waals surface area (Å²) < 4.78 is 85.7. The molecule has 0 radical (unpaired) electrons. The fourth-order valence-electron chi connectivity index (χ4n) is 9.02. The lowest BCUT2D eigenvalue weighted by molar-refractivity contribution is -0.218. The van der Waals surface area contributed by atoms with E-state index in [2.05, 4.69) is 83.1 Å². The van der Waals surface area contributed by atoms with Crippen molar-refractivity contribution in [1.82, 2.24) is 0 Å².